The lowest BCUT2D eigenvalue weighted by Crippen LogP contribution is -2.43. The summed E-state index contributed by atoms with van der Waals surface area (Å²) in [6.45, 7) is 10.2. The Morgan fingerprint density at radius 2 is 2.02 bits per heavy atom. The quantitative estimate of drug-likeness (QED) is 0.300. The lowest BCUT2D eigenvalue weighted by atomic mass is 10.1. The van der Waals surface area contributed by atoms with Crippen LogP contribution in [0, 0.1) is 5.82 Å². The van der Waals surface area contributed by atoms with Crippen LogP contribution in [0.25, 0.3) is 11.7 Å². The second-order valence-electron chi connectivity index (χ2n) is 11.4. The smallest absolute Gasteiger partial charge is 0.404 e. The topological polar surface area (TPSA) is 129 Å². The van der Waals surface area contributed by atoms with E-state index in [1.165, 1.54) is 6.08 Å². The van der Waals surface area contributed by atoms with Crippen molar-refractivity contribution < 1.29 is 23.5 Å². The minimum absolute atomic E-state index is 0.0873. The summed E-state index contributed by atoms with van der Waals surface area (Å²) >= 11 is 1.55. The van der Waals surface area contributed by atoms with Gasteiger partial charge in [-0.3, -0.25) is 9.20 Å². The number of nitrogens with zero attached hydrogens (tertiary/aromatic N) is 4. The molecule has 0 spiro atoms. The van der Waals surface area contributed by atoms with Crippen molar-refractivity contribution in [2.75, 3.05) is 18.0 Å². The molecule has 3 aromatic heterocycles. The van der Waals surface area contributed by atoms with Gasteiger partial charge in [0.15, 0.2) is 0 Å². The molecule has 10 nitrogen and oxygen atoms in total. The van der Waals surface area contributed by atoms with Crippen molar-refractivity contribution in [3.05, 3.63) is 61.7 Å². The van der Waals surface area contributed by atoms with E-state index >= 15 is 4.39 Å². The number of pyridine rings is 1. The highest BCUT2D eigenvalue weighted by atomic mass is 32.1. The van der Waals surface area contributed by atoms with Gasteiger partial charge in [0.1, 0.15) is 29.0 Å². The third-order valence-corrected chi connectivity index (χ3v) is 7.46. The van der Waals surface area contributed by atoms with Gasteiger partial charge in [0.25, 0.3) is 5.56 Å². The number of anilines is 1. The van der Waals surface area contributed by atoms with Crippen molar-refractivity contribution in [3.8, 4) is 0 Å². The number of halogens is 1. The van der Waals surface area contributed by atoms with Gasteiger partial charge >= 0.3 is 12.1 Å². The molecule has 41 heavy (non-hydrogen) atoms. The van der Waals surface area contributed by atoms with Gasteiger partial charge in [-0.1, -0.05) is 13.8 Å². The van der Waals surface area contributed by atoms with E-state index in [-0.39, 0.29) is 17.8 Å². The Balaban J connectivity index is 1.73. The van der Waals surface area contributed by atoms with Gasteiger partial charge in [-0.25, -0.2) is 23.9 Å². The molecular formula is C29H36FN5O5S. The lowest BCUT2D eigenvalue weighted by Gasteiger charge is -2.33. The van der Waals surface area contributed by atoms with Crippen LogP contribution in [0.1, 0.15) is 75.2 Å². The summed E-state index contributed by atoms with van der Waals surface area (Å²) in [5, 5.41) is 2.93. The standard InChI is InChI=1S/C29H36FN5O5S/c1-17(2)22-16-41-24(32-22)10-8-18-13-23-33-26(34-12-6-7-19(14-34)39-28(31)38)20(27(37)35(23)15-21(18)30)9-11-25(36)40-29(3,4)5/h9,11,13,15-17,19H,6-8,10,12,14H2,1-5H3,(H2,31,38). The molecule has 1 aliphatic rings. The van der Waals surface area contributed by atoms with Crippen molar-refractivity contribution >= 4 is 40.9 Å². The zero-order valence-electron chi connectivity index (χ0n) is 24.0. The molecule has 0 aromatic carbocycles. The molecule has 220 valence electrons. The molecule has 4 rings (SSSR count). The fourth-order valence-corrected chi connectivity index (χ4v) is 5.56. The van der Waals surface area contributed by atoms with Crippen LogP contribution in [0.5, 0.6) is 0 Å². The predicted octanol–water partition coefficient (Wildman–Crippen LogP) is 4.62. The number of aryl methyl sites for hydroxylation is 2. The number of piperidine rings is 1. The summed E-state index contributed by atoms with van der Waals surface area (Å²) in [7, 11) is 0. The van der Waals surface area contributed by atoms with Gasteiger partial charge < -0.3 is 20.1 Å². The second-order valence-corrected chi connectivity index (χ2v) is 12.3. The lowest BCUT2D eigenvalue weighted by molar-refractivity contribution is -0.148. The molecule has 1 atom stereocenters. The number of rotatable bonds is 8. The van der Waals surface area contributed by atoms with Crippen molar-refractivity contribution in [2.45, 2.75) is 77.9 Å². The van der Waals surface area contributed by atoms with Crippen LogP contribution < -0.4 is 16.2 Å². The van der Waals surface area contributed by atoms with E-state index in [1.807, 2.05) is 10.3 Å². The van der Waals surface area contributed by atoms with Crippen LogP contribution in [-0.2, 0) is 27.1 Å². The summed E-state index contributed by atoms with van der Waals surface area (Å²) in [5.74, 6) is -0.560. The van der Waals surface area contributed by atoms with Crippen molar-refractivity contribution in [3.63, 3.8) is 0 Å². The molecule has 0 radical (unpaired) electrons. The zero-order valence-corrected chi connectivity index (χ0v) is 24.8. The Hall–Kier alpha value is -3.80. The maximum absolute atomic E-state index is 15.2. The summed E-state index contributed by atoms with van der Waals surface area (Å²) in [6, 6.07) is 1.57. The molecule has 3 aromatic rings. The van der Waals surface area contributed by atoms with Crippen molar-refractivity contribution in [2.24, 2.45) is 5.73 Å². The number of hydrogen-bond acceptors (Lipinski definition) is 9. The molecule has 1 amide bonds. The summed E-state index contributed by atoms with van der Waals surface area (Å²) < 4.78 is 26.9. The van der Waals surface area contributed by atoms with Crippen LogP contribution in [0.2, 0.25) is 0 Å². The molecule has 2 N–H and O–H groups in total. The first-order valence-electron chi connectivity index (χ1n) is 13.6. The molecule has 1 aliphatic heterocycles. The van der Waals surface area contributed by atoms with Gasteiger partial charge in [0, 0.05) is 24.4 Å². The molecule has 1 fully saturated rings. The monoisotopic (exact) mass is 585 g/mol. The molecule has 12 heteroatoms. The predicted molar refractivity (Wildman–Crippen MR) is 156 cm³/mol. The first-order valence-corrected chi connectivity index (χ1v) is 14.5. The second kappa shape index (κ2) is 12.4. The Bertz CT molecular complexity index is 1520. The fourth-order valence-electron chi connectivity index (χ4n) is 4.60. The molecule has 0 saturated carbocycles. The van der Waals surface area contributed by atoms with E-state index in [1.54, 1.807) is 38.2 Å². The van der Waals surface area contributed by atoms with E-state index in [0.29, 0.717) is 49.5 Å². The Labute approximate surface area is 242 Å². The van der Waals surface area contributed by atoms with E-state index in [2.05, 4.69) is 18.8 Å². The zero-order chi connectivity index (χ0) is 29.9. The fraction of sp³-hybridized carbons (Fsp3) is 0.483. The number of nitrogens with two attached hydrogens (primary N) is 1. The Kier molecular flexibility index (Phi) is 9.11. The van der Waals surface area contributed by atoms with Gasteiger partial charge in [0.05, 0.1) is 29.0 Å². The average Bonchev–Trinajstić information content (AvgIpc) is 3.35. The van der Waals surface area contributed by atoms with Crippen molar-refractivity contribution in [1.82, 2.24) is 14.4 Å². The minimum Gasteiger partial charge on any atom is -0.457 e. The van der Waals surface area contributed by atoms with E-state index in [0.717, 1.165) is 27.4 Å². The SMILES string of the molecule is CC(C)c1csc(CCc2cc3nc(N4CCCC(OC(N)=O)C4)c(C=CC(=O)OC(C)(C)C)c(=O)n3cc2F)n1. The number of hydrogen-bond donors (Lipinski definition) is 1. The number of esters is 1. The van der Waals surface area contributed by atoms with Crippen LogP contribution >= 0.6 is 11.3 Å². The van der Waals surface area contributed by atoms with Gasteiger partial charge in [-0.05, 0) is 63.7 Å². The summed E-state index contributed by atoms with van der Waals surface area (Å²) in [5.41, 5.74) is 5.73. The molecule has 1 saturated heterocycles. The van der Waals surface area contributed by atoms with Crippen molar-refractivity contribution in [1.29, 1.82) is 0 Å². The first kappa shape index (κ1) is 30.2. The number of amides is 1. The third-order valence-electron chi connectivity index (χ3n) is 6.53. The van der Waals surface area contributed by atoms with Crippen LogP contribution in [0.3, 0.4) is 0 Å². The van der Waals surface area contributed by atoms with E-state index in [9.17, 15) is 14.4 Å². The normalized spacial score (nSPS) is 16.1. The van der Waals surface area contributed by atoms with Gasteiger partial charge in [-0.15, -0.1) is 11.3 Å². The number of fused-ring (bicyclic) bond motifs is 1. The number of aromatic nitrogens is 3. The average molecular weight is 586 g/mol. The molecular weight excluding hydrogens is 549 g/mol. The number of primary amides is 1. The number of carbonyl (C=O) groups excluding carboxylic acids is 2. The Morgan fingerprint density at radius 3 is 2.68 bits per heavy atom. The van der Waals surface area contributed by atoms with Crippen LogP contribution in [0.4, 0.5) is 15.0 Å². The Morgan fingerprint density at radius 1 is 1.27 bits per heavy atom. The summed E-state index contributed by atoms with van der Waals surface area (Å²) in [4.78, 5) is 48.6. The number of ether oxygens (including phenoxy) is 2. The van der Waals surface area contributed by atoms with Gasteiger partial charge in [0.2, 0.25) is 0 Å². The maximum Gasteiger partial charge on any atom is 0.404 e. The maximum atomic E-state index is 15.2. The third kappa shape index (κ3) is 7.69. The van der Waals surface area contributed by atoms with Crippen LogP contribution in [-0.4, -0.2) is 51.2 Å². The number of thiazole rings is 1. The highest BCUT2D eigenvalue weighted by Gasteiger charge is 2.27. The molecule has 1 unspecified atom stereocenters. The molecule has 0 bridgehead atoms. The highest BCUT2D eigenvalue weighted by Crippen LogP contribution is 2.25. The first-order chi connectivity index (χ1) is 19.3. The molecule has 0 aliphatic carbocycles. The van der Waals surface area contributed by atoms with E-state index in [4.69, 9.17) is 20.2 Å². The minimum atomic E-state index is -0.880. The molecule has 4 heterocycles. The van der Waals surface area contributed by atoms with E-state index < -0.39 is 35.1 Å². The van der Waals surface area contributed by atoms with Gasteiger partial charge in [-0.2, -0.15) is 0 Å². The highest BCUT2D eigenvalue weighted by molar-refractivity contribution is 7.09. The largest absolute Gasteiger partial charge is 0.457 e. The number of carbonyl (C=O) groups is 2. The summed E-state index contributed by atoms with van der Waals surface area (Å²) in [6.07, 6.45) is 4.47. The van der Waals surface area contributed by atoms with Crippen LogP contribution in [0.15, 0.2) is 28.5 Å².